The fraction of sp³-hybridized carbons (Fsp3) is 0.333. The number of H-pyrrole nitrogens is 1. The molecule has 0 unspecified atom stereocenters. The Balaban J connectivity index is 2.13. The number of benzene rings is 1. The van der Waals surface area contributed by atoms with E-state index in [4.69, 9.17) is 9.47 Å². The number of anilines is 1. The largest absolute Gasteiger partial charge is 0.492 e. The van der Waals surface area contributed by atoms with Crippen LogP contribution in [-0.2, 0) is 9.53 Å². The van der Waals surface area contributed by atoms with Crippen molar-refractivity contribution in [3.63, 3.8) is 0 Å². The second kappa shape index (κ2) is 9.77. The molecule has 0 aliphatic carbocycles. The summed E-state index contributed by atoms with van der Waals surface area (Å²) in [5.41, 5.74) is 0.456. The van der Waals surface area contributed by atoms with Crippen LogP contribution in [0.15, 0.2) is 34.1 Å². The van der Waals surface area contributed by atoms with Crippen LogP contribution in [0.3, 0.4) is 0 Å². The van der Waals surface area contributed by atoms with Gasteiger partial charge in [0.15, 0.2) is 0 Å². The number of para-hydroxylation sites is 2. The molecule has 0 aliphatic heterocycles. The SMILES string of the molecule is CCOC(=O)c1c(SCC(=O)Nc2ccccc2OCC)nc(=O)[nH]c1C. The zero-order valence-corrected chi connectivity index (χ0v) is 16.1. The Bertz CT molecular complexity index is 882. The van der Waals surface area contributed by atoms with Crippen LogP contribution < -0.4 is 15.7 Å². The number of thioether (sulfide) groups is 1. The van der Waals surface area contributed by atoms with E-state index in [1.165, 1.54) is 0 Å². The van der Waals surface area contributed by atoms with E-state index in [0.717, 1.165) is 11.8 Å². The number of carbonyl (C=O) groups is 2. The summed E-state index contributed by atoms with van der Waals surface area (Å²) in [5, 5.41) is 2.91. The molecule has 0 saturated carbocycles. The van der Waals surface area contributed by atoms with E-state index in [0.29, 0.717) is 23.7 Å². The molecule has 0 spiro atoms. The summed E-state index contributed by atoms with van der Waals surface area (Å²) in [6, 6.07) is 7.08. The summed E-state index contributed by atoms with van der Waals surface area (Å²) in [4.78, 5) is 42.4. The number of nitrogens with one attached hydrogen (secondary N) is 2. The first kappa shape index (κ1) is 20.5. The van der Waals surface area contributed by atoms with Crippen LogP contribution in [0.25, 0.3) is 0 Å². The van der Waals surface area contributed by atoms with Crippen molar-refractivity contribution in [3.05, 3.63) is 46.0 Å². The second-order valence-corrected chi connectivity index (χ2v) is 6.30. The summed E-state index contributed by atoms with van der Waals surface area (Å²) in [7, 11) is 0. The molecule has 0 aliphatic rings. The molecule has 9 heteroatoms. The number of carbonyl (C=O) groups excluding carboxylic acids is 2. The summed E-state index contributed by atoms with van der Waals surface area (Å²) in [5.74, 6) is -0.385. The van der Waals surface area contributed by atoms with Crippen molar-refractivity contribution < 1.29 is 19.1 Å². The van der Waals surface area contributed by atoms with E-state index in [-0.39, 0.29) is 28.9 Å². The standard InChI is InChI=1S/C18H21N3O5S/c1-4-25-13-9-7-6-8-12(13)20-14(22)10-27-16-15(17(23)26-5-2)11(3)19-18(24)21-16/h6-9H,4-5,10H2,1-3H3,(H,20,22)(H,19,21,24). The number of hydrogen-bond acceptors (Lipinski definition) is 7. The van der Waals surface area contributed by atoms with Gasteiger partial charge in [0.25, 0.3) is 0 Å². The Morgan fingerprint density at radius 3 is 2.67 bits per heavy atom. The number of amides is 1. The van der Waals surface area contributed by atoms with Gasteiger partial charge in [-0.15, -0.1) is 0 Å². The number of hydrogen-bond donors (Lipinski definition) is 2. The molecule has 1 aromatic heterocycles. The molecule has 2 aromatic rings. The lowest BCUT2D eigenvalue weighted by Gasteiger charge is -2.12. The fourth-order valence-electron chi connectivity index (χ4n) is 2.28. The second-order valence-electron chi connectivity index (χ2n) is 5.33. The molecule has 1 heterocycles. The first-order chi connectivity index (χ1) is 13.0. The number of aromatic nitrogens is 2. The number of aromatic amines is 1. The van der Waals surface area contributed by atoms with Gasteiger partial charge in [-0.25, -0.2) is 9.59 Å². The van der Waals surface area contributed by atoms with Crippen molar-refractivity contribution in [1.82, 2.24) is 9.97 Å². The van der Waals surface area contributed by atoms with Gasteiger partial charge in [-0.05, 0) is 32.9 Å². The number of esters is 1. The number of ether oxygens (including phenoxy) is 2. The van der Waals surface area contributed by atoms with E-state index < -0.39 is 11.7 Å². The smallest absolute Gasteiger partial charge is 0.346 e. The Kier molecular flexibility index (Phi) is 7.42. The van der Waals surface area contributed by atoms with Gasteiger partial charge in [-0.3, -0.25) is 4.79 Å². The summed E-state index contributed by atoms with van der Waals surface area (Å²) in [6.07, 6.45) is 0. The maximum atomic E-state index is 12.3. The fourth-order valence-corrected chi connectivity index (χ4v) is 3.15. The average Bonchev–Trinajstić information content (AvgIpc) is 2.61. The molecule has 1 aromatic carbocycles. The molecule has 0 radical (unpaired) electrons. The van der Waals surface area contributed by atoms with E-state index in [9.17, 15) is 14.4 Å². The van der Waals surface area contributed by atoms with Crippen molar-refractivity contribution in [2.75, 3.05) is 24.3 Å². The van der Waals surface area contributed by atoms with Crippen LogP contribution in [0, 0.1) is 6.92 Å². The highest BCUT2D eigenvalue weighted by Crippen LogP contribution is 2.25. The molecule has 2 N–H and O–H groups in total. The van der Waals surface area contributed by atoms with Gasteiger partial charge in [-0.1, -0.05) is 23.9 Å². The molecule has 0 fully saturated rings. The maximum absolute atomic E-state index is 12.3. The summed E-state index contributed by atoms with van der Waals surface area (Å²) in [6.45, 7) is 5.78. The molecule has 0 saturated heterocycles. The summed E-state index contributed by atoms with van der Waals surface area (Å²) >= 11 is 0.991. The highest BCUT2D eigenvalue weighted by atomic mass is 32.2. The molecule has 2 rings (SSSR count). The maximum Gasteiger partial charge on any atom is 0.346 e. The lowest BCUT2D eigenvalue weighted by Crippen LogP contribution is -2.21. The van der Waals surface area contributed by atoms with Gasteiger partial charge < -0.3 is 19.8 Å². The van der Waals surface area contributed by atoms with Gasteiger partial charge in [0.1, 0.15) is 16.3 Å². The normalized spacial score (nSPS) is 10.3. The first-order valence-electron chi connectivity index (χ1n) is 8.38. The highest BCUT2D eigenvalue weighted by molar-refractivity contribution is 8.00. The minimum absolute atomic E-state index is 0.0389. The molecule has 8 nitrogen and oxygen atoms in total. The van der Waals surface area contributed by atoms with Crippen molar-refractivity contribution in [2.24, 2.45) is 0 Å². The monoisotopic (exact) mass is 391 g/mol. The minimum Gasteiger partial charge on any atom is -0.492 e. The van der Waals surface area contributed by atoms with Crippen LogP contribution in [-0.4, -0.2) is 40.8 Å². The van der Waals surface area contributed by atoms with Crippen molar-refractivity contribution in [3.8, 4) is 5.75 Å². The molecule has 0 atom stereocenters. The van der Waals surface area contributed by atoms with Crippen molar-refractivity contribution in [2.45, 2.75) is 25.8 Å². The summed E-state index contributed by atoms with van der Waals surface area (Å²) < 4.78 is 10.5. The van der Waals surface area contributed by atoms with E-state index in [1.54, 1.807) is 32.0 Å². The van der Waals surface area contributed by atoms with Gasteiger partial charge in [0, 0.05) is 5.69 Å². The number of aryl methyl sites for hydroxylation is 1. The van der Waals surface area contributed by atoms with E-state index in [2.05, 4.69) is 15.3 Å². The Morgan fingerprint density at radius 1 is 1.22 bits per heavy atom. The molecular weight excluding hydrogens is 370 g/mol. The van der Waals surface area contributed by atoms with Gasteiger partial charge in [0.2, 0.25) is 5.91 Å². The molecule has 27 heavy (non-hydrogen) atoms. The quantitative estimate of drug-likeness (QED) is 0.404. The van der Waals surface area contributed by atoms with Crippen LogP contribution in [0.5, 0.6) is 5.75 Å². The number of nitrogens with zero attached hydrogens (tertiary/aromatic N) is 1. The molecule has 0 bridgehead atoms. The van der Waals surface area contributed by atoms with Crippen molar-refractivity contribution in [1.29, 1.82) is 0 Å². The first-order valence-corrected chi connectivity index (χ1v) is 9.37. The Morgan fingerprint density at radius 2 is 1.96 bits per heavy atom. The van der Waals surface area contributed by atoms with Crippen LogP contribution in [0.1, 0.15) is 29.9 Å². The predicted octanol–water partition coefficient (Wildman–Crippen LogP) is 2.38. The van der Waals surface area contributed by atoms with Gasteiger partial charge in [-0.2, -0.15) is 4.98 Å². The lowest BCUT2D eigenvalue weighted by molar-refractivity contribution is -0.113. The zero-order chi connectivity index (χ0) is 19.8. The van der Waals surface area contributed by atoms with E-state index in [1.807, 2.05) is 13.0 Å². The van der Waals surface area contributed by atoms with Gasteiger partial charge in [0.05, 0.1) is 24.7 Å². The zero-order valence-electron chi connectivity index (χ0n) is 15.3. The van der Waals surface area contributed by atoms with E-state index >= 15 is 0 Å². The Hall–Kier alpha value is -2.81. The third-order valence-corrected chi connectivity index (χ3v) is 4.34. The third-order valence-electron chi connectivity index (χ3n) is 3.37. The van der Waals surface area contributed by atoms with Gasteiger partial charge >= 0.3 is 11.7 Å². The average molecular weight is 391 g/mol. The van der Waals surface area contributed by atoms with Crippen LogP contribution in [0.4, 0.5) is 5.69 Å². The Labute approximate surface area is 160 Å². The number of rotatable bonds is 8. The molecular formula is C18H21N3O5S. The van der Waals surface area contributed by atoms with Crippen LogP contribution >= 0.6 is 11.8 Å². The minimum atomic E-state index is -0.594. The van der Waals surface area contributed by atoms with Crippen LogP contribution in [0.2, 0.25) is 0 Å². The highest BCUT2D eigenvalue weighted by Gasteiger charge is 2.20. The molecule has 1 amide bonds. The molecule has 144 valence electrons. The predicted molar refractivity (Wildman–Crippen MR) is 103 cm³/mol. The topological polar surface area (TPSA) is 110 Å². The lowest BCUT2D eigenvalue weighted by atomic mass is 10.2. The third kappa shape index (κ3) is 5.58. The van der Waals surface area contributed by atoms with Crippen molar-refractivity contribution >= 4 is 29.3 Å².